The normalized spacial score (nSPS) is 18.4. The minimum Gasteiger partial charge on any atom is -0.480 e. The molecule has 0 spiro atoms. The van der Waals surface area contributed by atoms with Crippen molar-refractivity contribution in [1.29, 1.82) is 0 Å². The van der Waals surface area contributed by atoms with Gasteiger partial charge in [-0.05, 0) is 11.1 Å². The molecule has 0 aromatic heterocycles. The van der Waals surface area contributed by atoms with Gasteiger partial charge in [0.1, 0.15) is 26.7 Å². The molecule has 1 N–H and O–H groups in total. The van der Waals surface area contributed by atoms with Gasteiger partial charge in [0.15, 0.2) is 12.1 Å². The van der Waals surface area contributed by atoms with Crippen LogP contribution in [-0.2, 0) is 46.5 Å². The number of nitrogens with zero attached hydrogens (tertiary/aromatic N) is 2. The second-order valence-corrected chi connectivity index (χ2v) is 7.91. The number of carboxylic acids is 1. The van der Waals surface area contributed by atoms with Gasteiger partial charge in [0.05, 0.1) is 20.3 Å². The van der Waals surface area contributed by atoms with E-state index < -0.39 is 36.2 Å². The van der Waals surface area contributed by atoms with Gasteiger partial charge >= 0.3 is 24.1 Å². The highest BCUT2D eigenvalue weighted by Gasteiger charge is 2.37. The molecule has 2 amide bonds. The van der Waals surface area contributed by atoms with Crippen molar-refractivity contribution in [2.75, 3.05) is 33.8 Å². The fourth-order valence-electron chi connectivity index (χ4n) is 3.39. The van der Waals surface area contributed by atoms with E-state index in [0.717, 1.165) is 16.0 Å². The fourth-order valence-corrected chi connectivity index (χ4v) is 3.39. The molecule has 2 fully saturated rings. The van der Waals surface area contributed by atoms with Gasteiger partial charge in [-0.1, -0.05) is 60.7 Å². The summed E-state index contributed by atoms with van der Waals surface area (Å²) in [7, 11) is 1.27. The zero-order valence-electron chi connectivity index (χ0n) is 20.2. The number of carboxylic acid groups (broad SMARTS) is 1. The maximum atomic E-state index is 11.9. The van der Waals surface area contributed by atoms with Gasteiger partial charge in [0, 0.05) is 0 Å². The van der Waals surface area contributed by atoms with Gasteiger partial charge in [-0.2, -0.15) is 0 Å². The van der Waals surface area contributed by atoms with Crippen LogP contribution in [0.15, 0.2) is 60.7 Å². The van der Waals surface area contributed by atoms with Crippen LogP contribution in [0.1, 0.15) is 11.1 Å². The molecule has 0 unspecified atom stereocenters. The molecule has 0 radical (unpaired) electrons. The summed E-state index contributed by atoms with van der Waals surface area (Å²) >= 11 is 0. The largest absolute Gasteiger partial charge is 0.480 e. The van der Waals surface area contributed by atoms with Crippen LogP contribution in [0.2, 0.25) is 0 Å². The molecule has 2 aromatic rings. The zero-order chi connectivity index (χ0) is 26.6. The van der Waals surface area contributed by atoms with E-state index in [1.807, 2.05) is 60.7 Å². The van der Waals surface area contributed by atoms with Gasteiger partial charge in [-0.15, -0.1) is 0 Å². The maximum Gasteiger partial charge on any atom is 0.412 e. The van der Waals surface area contributed by atoms with Crippen molar-refractivity contribution in [1.82, 2.24) is 9.80 Å². The number of hydrogen-bond acceptors (Lipinski definition) is 9. The number of carbonyl (C=O) groups is 4. The number of amides is 2. The molecule has 12 nitrogen and oxygen atoms in total. The first-order chi connectivity index (χ1) is 17.9. The van der Waals surface area contributed by atoms with E-state index in [0.29, 0.717) is 0 Å². The lowest BCUT2D eigenvalue weighted by atomic mass is 10.2. The molecule has 0 aliphatic carbocycles. The van der Waals surface area contributed by atoms with Crippen molar-refractivity contribution in [2.45, 2.75) is 25.3 Å². The Bertz CT molecular complexity index is 1050. The topological polar surface area (TPSA) is 141 Å². The van der Waals surface area contributed by atoms with Gasteiger partial charge in [-0.25, -0.2) is 19.2 Å². The smallest absolute Gasteiger partial charge is 0.412 e. The first-order valence-corrected chi connectivity index (χ1v) is 11.3. The van der Waals surface area contributed by atoms with E-state index in [1.54, 1.807) is 0 Å². The predicted octanol–water partition coefficient (Wildman–Crippen LogP) is 2.22. The van der Waals surface area contributed by atoms with E-state index >= 15 is 0 Å². The Morgan fingerprint density at radius 3 is 1.65 bits per heavy atom. The van der Waals surface area contributed by atoms with Crippen LogP contribution >= 0.6 is 0 Å². The lowest BCUT2D eigenvalue weighted by Gasteiger charge is -2.19. The Labute approximate surface area is 213 Å². The standard InChI is InChI=1S/C13H15NO5.C12H13NO5/c1-17-12(15)11-8-18-9-14(11)13(16)19-7-10-5-3-2-4-6-10;14-11(15)10-7-17-8-13(10)12(16)18-6-9-4-2-1-3-5-9/h2-6,11H,7-9H2,1H3;1-5,10H,6-8H2,(H,14,15)/t11-;10-/m00/s1. The Morgan fingerprint density at radius 2 is 1.22 bits per heavy atom. The highest BCUT2D eigenvalue weighted by atomic mass is 16.6. The SMILES string of the molecule is COC(=O)[C@@H]1COCN1C(=O)OCc1ccccc1.O=C(O)[C@@H]1COCN1C(=O)OCc1ccccc1. The van der Waals surface area contributed by atoms with Crippen molar-refractivity contribution in [3.63, 3.8) is 0 Å². The quantitative estimate of drug-likeness (QED) is 0.449. The Hall–Kier alpha value is -4.16. The number of carbonyl (C=O) groups excluding carboxylic acids is 3. The second-order valence-electron chi connectivity index (χ2n) is 7.91. The number of methoxy groups -OCH3 is 1. The highest BCUT2D eigenvalue weighted by Crippen LogP contribution is 2.14. The third kappa shape index (κ3) is 7.92. The van der Waals surface area contributed by atoms with Crippen molar-refractivity contribution >= 4 is 24.1 Å². The van der Waals surface area contributed by atoms with Crippen molar-refractivity contribution in [3.8, 4) is 0 Å². The second kappa shape index (κ2) is 13.8. The molecule has 0 saturated carbocycles. The van der Waals surface area contributed by atoms with E-state index in [1.165, 1.54) is 12.0 Å². The first-order valence-electron chi connectivity index (χ1n) is 11.3. The summed E-state index contributed by atoms with van der Waals surface area (Å²) in [5, 5.41) is 8.89. The molecule has 2 saturated heterocycles. The fraction of sp³-hybridized carbons (Fsp3) is 0.360. The molecule has 37 heavy (non-hydrogen) atoms. The summed E-state index contributed by atoms with van der Waals surface area (Å²) < 4.78 is 24.8. The monoisotopic (exact) mass is 516 g/mol. The van der Waals surface area contributed by atoms with Crippen LogP contribution in [0.3, 0.4) is 0 Å². The lowest BCUT2D eigenvalue weighted by Crippen LogP contribution is -2.42. The van der Waals surface area contributed by atoms with Crippen molar-refractivity contribution < 1.29 is 48.0 Å². The molecular formula is C25H28N2O10. The molecule has 2 heterocycles. The van der Waals surface area contributed by atoms with Crippen molar-refractivity contribution in [2.24, 2.45) is 0 Å². The lowest BCUT2D eigenvalue weighted by molar-refractivity contribution is -0.145. The molecule has 2 aromatic carbocycles. The third-order valence-electron chi connectivity index (χ3n) is 5.40. The summed E-state index contributed by atoms with van der Waals surface area (Å²) in [6, 6.07) is 16.8. The van der Waals surface area contributed by atoms with Crippen LogP contribution < -0.4 is 0 Å². The molecule has 2 aliphatic rings. The molecule has 2 aliphatic heterocycles. The average Bonchev–Trinajstić information content (AvgIpc) is 3.62. The van der Waals surface area contributed by atoms with Gasteiger partial charge in [0.2, 0.25) is 0 Å². The molecule has 0 bridgehead atoms. The summed E-state index contributed by atoms with van der Waals surface area (Å²) in [5.74, 6) is -1.60. The van der Waals surface area contributed by atoms with Gasteiger partial charge in [0.25, 0.3) is 0 Å². The molecule has 12 heteroatoms. The maximum absolute atomic E-state index is 11.9. The predicted molar refractivity (Wildman–Crippen MR) is 126 cm³/mol. The van der Waals surface area contributed by atoms with Crippen LogP contribution in [0.4, 0.5) is 9.59 Å². The van der Waals surface area contributed by atoms with Crippen LogP contribution in [0.5, 0.6) is 0 Å². The molecule has 4 rings (SSSR count). The van der Waals surface area contributed by atoms with E-state index in [2.05, 4.69) is 4.74 Å². The van der Waals surface area contributed by atoms with Crippen molar-refractivity contribution in [3.05, 3.63) is 71.8 Å². The summed E-state index contributed by atoms with van der Waals surface area (Å²) in [4.78, 5) is 48.1. The van der Waals surface area contributed by atoms with Gasteiger partial charge in [-0.3, -0.25) is 9.80 Å². The molecular weight excluding hydrogens is 488 g/mol. The number of rotatable bonds is 6. The van der Waals surface area contributed by atoms with Gasteiger partial charge < -0.3 is 28.8 Å². The Kier molecular flexibility index (Phi) is 10.2. The summed E-state index contributed by atoms with van der Waals surface area (Å²) in [6.07, 6.45) is -1.26. The summed E-state index contributed by atoms with van der Waals surface area (Å²) in [6.45, 7) is 0.382. The van der Waals surface area contributed by atoms with E-state index in [4.69, 9.17) is 24.1 Å². The highest BCUT2D eigenvalue weighted by molar-refractivity contribution is 5.82. The molecule has 198 valence electrons. The zero-order valence-corrected chi connectivity index (χ0v) is 20.2. The number of ether oxygens (including phenoxy) is 5. The first kappa shape index (κ1) is 27.4. The van der Waals surface area contributed by atoms with Crippen LogP contribution in [-0.4, -0.2) is 84.9 Å². The summed E-state index contributed by atoms with van der Waals surface area (Å²) in [5.41, 5.74) is 1.73. The number of esters is 1. The number of hydrogen-bond donors (Lipinski definition) is 1. The number of benzene rings is 2. The number of aliphatic carboxylic acids is 1. The molecule has 2 atom stereocenters. The van der Waals surface area contributed by atoms with E-state index in [-0.39, 0.29) is 39.9 Å². The van der Waals surface area contributed by atoms with Crippen LogP contribution in [0, 0.1) is 0 Å². The third-order valence-corrected chi connectivity index (χ3v) is 5.40. The minimum atomic E-state index is -1.09. The average molecular weight is 517 g/mol. The Balaban J connectivity index is 0.000000206. The van der Waals surface area contributed by atoms with E-state index in [9.17, 15) is 19.2 Å². The Morgan fingerprint density at radius 1 is 0.784 bits per heavy atom. The minimum absolute atomic E-state index is 0.00420. The van der Waals surface area contributed by atoms with Crippen LogP contribution in [0.25, 0.3) is 0 Å².